The lowest BCUT2D eigenvalue weighted by Gasteiger charge is -2.16. The van der Waals surface area contributed by atoms with Crippen LogP contribution in [-0.4, -0.2) is 31.3 Å². The average Bonchev–Trinajstić information content (AvgIpc) is 2.60. The molecule has 2 aromatic carbocycles. The van der Waals surface area contributed by atoms with E-state index in [0.29, 0.717) is 28.6 Å². The van der Waals surface area contributed by atoms with E-state index >= 15 is 0 Å². The maximum atomic E-state index is 5.56. The molecule has 0 spiro atoms. The Kier molecular flexibility index (Phi) is 8.20. The van der Waals surface area contributed by atoms with Crippen LogP contribution < -0.4 is 19.5 Å². The third-order valence-corrected chi connectivity index (χ3v) is 4.01. The van der Waals surface area contributed by atoms with E-state index < -0.39 is 0 Å². The monoisotopic (exact) mass is 461 g/mol. The molecule has 0 saturated carbocycles. The molecule has 0 aliphatic heterocycles. The molecule has 9 heteroatoms. The third-order valence-electron chi connectivity index (χ3n) is 3.52. The minimum atomic E-state index is 0. The number of rotatable bonds is 5. The summed E-state index contributed by atoms with van der Waals surface area (Å²) in [5, 5.41) is 4.01. The molecule has 0 fully saturated rings. The maximum Gasteiger partial charge on any atom is 0.204 e. The van der Waals surface area contributed by atoms with Gasteiger partial charge in [0.05, 0.1) is 32.2 Å². The molecule has 0 unspecified atom stereocenters. The highest BCUT2D eigenvalue weighted by Crippen LogP contribution is 2.45. The van der Waals surface area contributed by atoms with Gasteiger partial charge in [0.1, 0.15) is 12.1 Å². The zero-order valence-corrected chi connectivity index (χ0v) is 17.5. The summed E-state index contributed by atoms with van der Waals surface area (Å²) in [5.41, 5.74) is 1.58. The number of nitrogens with one attached hydrogen (secondary N) is 1. The van der Waals surface area contributed by atoms with Crippen LogP contribution in [-0.2, 0) is 0 Å². The molecular formula is C17H18BrCl2N3O3. The minimum absolute atomic E-state index is 0. The van der Waals surface area contributed by atoms with Gasteiger partial charge in [0, 0.05) is 16.2 Å². The fourth-order valence-corrected chi connectivity index (χ4v) is 2.88. The van der Waals surface area contributed by atoms with E-state index in [4.69, 9.17) is 14.2 Å². The van der Waals surface area contributed by atoms with Crippen molar-refractivity contribution in [1.29, 1.82) is 0 Å². The van der Waals surface area contributed by atoms with Crippen LogP contribution in [0.5, 0.6) is 17.2 Å². The van der Waals surface area contributed by atoms with Crippen LogP contribution in [0.4, 0.5) is 11.5 Å². The van der Waals surface area contributed by atoms with Gasteiger partial charge in [-0.3, -0.25) is 0 Å². The largest absolute Gasteiger partial charge is 0.493 e. The smallest absolute Gasteiger partial charge is 0.204 e. The number of methoxy groups -OCH3 is 3. The molecule has 0 saturated heterocycles. The number of hydrogen-bond acceptors (Lipinski definition) is 6. The fourth-order valence-electron chi connectivity index (χ4n) is 2.49. The summed E-state index contributed by atoms with van der Waals surface area (Å²) in [6.07, 6.45) is 1.49. The van der Waals surface area contributed by atoms with Gasteiger partial charge in [-0.1, -0.05) is 22.0 Å². The SMILES string of the molecule is COc1cc2ncnc(Nc3cccc(Br)c3)c2c(OC)c1OC.Cl.Cl. The fraction of sp³-hybridized carbons (Fsp3) is 0.176. The van der Waals surface area contributed by atoms with Gasteiger partial charge in [-0.15, -0.1) is 24.8 Å². The predicted octanol–water partition coefficient (Wildman–Crippen LogP) is 5.01. The lowest BCUT2D eigenvalue weighted by atomic mass is 10.1. The van der Waals surface area contributed by atoms with Crippen molar-refractivity contribution in [3.63, 3.8) is 0 Å². The zero-order valence-electron chi connectivity index (χ0n) is 14.3. The highest BCUT2D eigenvalue weighted by Gasteiger charge is 2.20. The summed E-state index contributed by atoms with van der Waals surface area (Å²) in [6.45, 7) is 0. The molecular weight excluding hydrogens is 445 g/mol. The first-order chi connectivity index (χ1) is 11.7. The van der Waals surface area contributed by atoms with Crippen molar-refractivity contribution in [3.05, 3.63) is 41.1 Å². The lowest BCUT2D eigenvalue weighted by molar-refractivity contribution is 0.327. The molecule has 0 aliphatic rings. The van der Waals surface area contributed by atoms with E-state index in [9.17, 15) is 0 Å². The molecule has 6 nitrogen and oxygen atoms in total. The molecule has 0 atom stereocenters. The van der Waals surface area contributed by atoms with E-state index in [2.05, 4.69) is 31.2 Å². The van der Waals surface area contributed by atoms with Crippen LogP contribution >= 0.6 is 40.7 Å². The Balaban J connectivity index is 0.00000169. The maximum absolute atomic E-state index is 5.56. The second kappa shape index (κ2) is 9.66. The molecule has 3 aromatic rings. The van der Waals surface area contributed by atoms with Gasteiger partial charge in [0.2, 0.25) is 5.75 Å². The molecule has 0 amide bonds. The number of ether oxygens (including phenoxy) is 3. The van der Waals surface area contributed by atoms with Gasteiger partial charge in [-0.2, -0.15) is 0 Å². The molecule has 3 rings (SSSR count). The summed E-state index contributed by atoms with van der Waals surface area (Å²) >= 11 is 3.46. The van der Waals surface area contributed by atoms with Crippen LogP contribution in [0.25, 0.3) is 10.9 Å². The van der Waals surface area contributed by atoms with Crippen LogP contribution in [0.2, 0.25) is 0 Å². The van der Waals surface area contributed by atoms with Crippen molar-refractivity contribution in [2.45, 2.75) is 0 Å². The van der Waals surface area contributed by atoms with E-state index in [1.54, 1.807) is 27.4 Å². The Morgan fingerprint density at radius 3 is 2.27 bits per heavy atom. The van der Waals surface area contributed by atoms with E-state index in [-0.39, 0.29) is 24.8 Å². The summed E-state index contributed by atoms with van der Waals surface area (Å²) < 4.78 is 17.3. The highest BCUT2D eigenvalue weighted by atomic mass is 79.9. The van der Waals surface area contributed by atoms with Crippen molar-refractivity contribution in [1.82, 2.24) is 9.97 Å². The number of aromatic nitrogens is 2. The zero-order chi connectivity index (χ0) is 17.1. The molecule has 1 heterocycles. The number of nitrogens with zero attached hydrogens (tertiary/aromatic N) is 2. The van der Waals surface area contributed by atoms with Gasteiger partial charge in [-0.25, -0.2) is 9.97 Å². The van der Waals surface area contributed by atoms with Gasteiger partial charge < -0.3 is 19.5 Å². The topological polar surface area (TPSA) is 65.5 Å². The standard InChI is InChI=1S/C17H16BrN3O3.2ClH/c1-22-13-8-12-14(16(24-3)15(13)23-2)17(20-9-19-12)21-11-6-4-5-10(18)7-11;;/h4-9H,1-3H3,(H,19,20,21);2*1H. The third kappa shape index (κ3) is 4.23. The Hall–Kier alpha value is -1.96. The molecule has 1 aromatic heterocycles. The summed E-state index contributed by atoms with van der Waals surface area (Å²) in [7, 11) is 4.72. The number of fused-ring (bicyclic) bond motifs is 1. The summed E-state index contributed by atoms with van der Waals surface area (Å²) in [6, 6.07) is 9.60. The Labute approximate surface area is 172 Å². The average molecular weight is 463 g/mol. The van der Waals surface area contributed by atoms with Gasteiger partial charge in [0.15, 0.2) is 11.5 Å². The van der Waals surface area contributed by atoms with Crippen LogP contribution in [0, 0.1) is 0 Å². The Morgan fingerprint density at radius 1 is 0.923 bits per heavy atom. The first-order valence-corrected chi connectivity index (χ1v) is 7.93. The van der Waals surface area contributed by atoms with E-state index in [1.165, 1.54) is 6.33 Å². The van der Waals surface area contributed by atoms with Gasteiger partial charge in [-0.05, 0) is 18.2 Å². The van der Waals surface area contributed by atoms with Crippen molar-refractivity contribution in [3.8, 4) is 17.2 Å². The first-order valence-electron chi connectivity index (χ1n) is 7.14. The molecule has 0 aliphatic carbocycles. The number of hydrogen-bond donors (Lipinski definition) is 1. The number of halogens is 3. The van der Waals surface area contributed by atoms with Crippen molar-refractivity contribution >= 4 is 63.2 Å². The van der Waals surface area contributed by atoms with Crippen LogP contribution in [0.3, 0.4) is 0 Å². The van der Waals surface area contributed by atoms with Crippen molar-refractivity contribution < 1.29 is 14.2 Å². The Morgan fingerprint density at radius 2 is 1.65 bits per heavy atom. The van der Waals surface area contributed by atoms with Crippen molar-refractivity contribution in [2.75, 3.05) is 26.6 Å². The highest BCUT2D eigenvalue weighted by molar-refractivity contribution is 9.10. The van der Waals surface area contributed by atoms with Gasteiger partial charge >= 0.3 is 0 Å². The lowest BCUT2D eigenvalue weighted by Crippen LogP contribution is -2.01. The first kappa shape index (κ1) is 22.1. The van der Waals surface area contributed by atoms with Crippen molar-refractivity contribution in [2.24, 2.45) is 0 Å². The number of anilines is 2. The summed E-state index contributed by atoms with van der Waals surface area (Å²) in [5.74, 6) is 2.19. The normalized spacial score (nSPS) is 9.69. The molecule has 1 N–H and O–H groups in total. The second-order valence-electron chi connectivity index (χ2n) is 4.90. The summed E-state index contributed by atoms with van der Waals surface area (Å²) in [4.78, 5) is 8.68. The van der Waals surface area contributed by atoms with Crippen LogP contribution in [0.15, 0.2) is 41.1 Å². The predicted molar refractivity (Wildman–Crippen MR) is 111 cm³/mol. The molecule has 0 radical (unpaired) electrons. The van der Waals surface area contributed by atoms with E-state index in [1.807, 2.05) is 24.3 Å². The molecule has 140 valence electrons. The van der Waals surface area contributed by atoms with Gasteiger partial charge in [0.25, 0.3) is 0 Å². The Bertz CT molecular complexity index is 897. The quantitative estimate of drug-likeness (QED) is 0.575. The van der Waals surface area contributed by atoms with E-state index in [0.717, 1.165) is 15.5 Å². The van der Waals surface area contributed by atoms with Crippen LogP contribution in [0.1, 0.15) is 0 Å². The molecule has 0 bridgehead atoms. The second-order valence-corrected chi connectivity index (χ2v) is 5.81. The number of benzene rings is 2. The molecule has 26 heavy (non-hydrogen) atoms. The minimum Gasteiger partial charge on any atom is -0.493 e.